The van der Waals surface area contributed by atoms with Crippen molar-refractivity contribution in [3.8, 4) is 0 Å². The summed E-state index contributed by atoms with van der Waals surface area (Å²) in [5.74, 6) is 1.96. The van der Waals surface area contributed by atoms with Gasteiger partial charge in [0.05, 0.1) is 0 Å². The molecule has 0 aromatic rings. The Morgan fingerprint density at radius 2 is 1.78 bits per heavy atom. The van der Waals surface area contributed by atoms with E-state index in [2.05, 4.69) is 36.4 Å². The zero-order valence-corrected chi connectivity index (χ0v) is 8.39. The average molecular weight is 238 g/mol. The first-order valence-electron chi connectivity index (χ1n) is 3.84. The van der Waals surface area contributed by atoms with Crippen LogP contribution in [0.4, 0.5) is 0 Å². The quantitative estimate of drug-likeness (QED) is 0.449. The van der Waals surface area contributed by atoms with Gasteiger partial charge >= 0.3 is 0 Å². The van der Waals surface area contributed by atoms with Crippen molar-refractivity contribution in [3.05, 3.63) is 0 Å². The van der Waals surface area contributed by atoms with Crippen LogP contribution in [0.2, 0.25) is 0 Å². The second-order valence-corrected chi connectivity index (χ2v) is 5.13. The average Bonchev–Trinajstić information content (AvgIpc) is 1.80. The molecule has 1 unspecified atom stereocenters. The monoisotopic (exact) mass is 238 g/mol. The molecule has 0 amide bonds. The Hall–Kier alpha value is 0.730. The van der Waals surface area contributed by atoms with Crippen LogP contribution in [0.5, 0.6) is 0 Å². The number of rotatable bonds is 0. The van der Waals surface area contributed by atoms with E-state index < -0.39 is 0 Å². The Kier molecular flexibility index (Phi) is 2.80. The van der Waals surface area contributed by atoms with Gasteiger partial charge in [0.25, 0.3) is 0 Å². The first-order chi connectivity index (χ1) is 4.20. The first kappa shape index (κ1) is 7.83. The van der Waals surface area contributed by atoms with Crippen LogP contribution in [-0.4, -0.2) is 3.92 Å². The molecule has 0 N–H and O–H groups in total. The third-order valence-electron chi connectivity index (χ3n) is 2.53. The lowest BCUT2D eigenvalue weighted by Crippen LogP contribution is -2.20. The number of hydrogen-bond acceptors (Lipinski definition) is 0. The molecule has 1 aliphatic rings. The highest BCUT2D eigenvalue weighted by atomic mass is 127. The SMILES string of the molecule is CC1CC[C@H](I)C[C@@H]1C. The minimum atomic E-state index is 0.966. The minimum Gasteiger partial charge on any atom is -0.0826 e. The Labute approximate surface area is 71.5 Å². The predicted molar refractivity (Wildman–Crippen MR) is 50.0 cm³/mol. The Bertz CT molecular complexity index is 90.6. The van der Waals surface area contributed by atoms with Gasteiger partial charge in [0, 0.05) is 3.92 Å². The molecular formula is C8H15I. The highest BCUT2D eigenvalue weighted by Gasteiger charge is 2.21. The Morgan fingerprint density at radius 1 is 1.11 bits per heavy atom. The van der Waals surface area contributed by atoms with E-state index in [1.54, 1.807) is 0 Å². The van der Waals surface area contributed by atoms with E-state index in [1.807, 2.05) is 0 Å². The second kappa shape index (κ2) is 3.22. The van der Waals surface area contributed by atoms with Crippen molar-refractivity contribution >= 4 is 22.6 Å². The highest BCUT2D eigenvalue weighted by molar-refractivity contribution is 14.1. The third-order valence-corrected chi connectivity index (χ3v) is 3.67. The fraction of sp³-hybridized carbons (Fsp3) is 1.00. The third kappa shape index (κ3) is 2.10. The number of alkyl halides is 1. The van der Waals surface area contributed by atoms with Gasteiger partial charge in [0.1, 0.15) is 0 Å². The summed E-state index contributed by atoms with van der Waals surface area (Å²) >= 11 is 2.58. The zero-order chi connectivity index (χ0) is 6.85. The van der Waals surface area contributed by atoms with Crippen molar-refractivity contribution in [1.29, 1.82) is 0 Å². The molecule has 0 aliphatic heterocycles. The molecule has 0 aromatic heterocycles. The summed E-state index contributed by atoms with van der Waals surface area (Å²) in [4.78, 5) is 0. The lowest BCUT2D eigenvalue weighted by Gasteiger charge is -2.28. The molecule has 0 saturated heterocycles. The van der Waals surface area contributed by atoms with Crippen molar-refractivity contribution in [3.63, 3.8) is 0 Å². The molecular weight excluding hydrogens is 223 g/mol. The lowest BCUT2D eigenvalue weighted by molar-refractivity contribution is 0.289. The smallest absolute Gasteiger partial charge is 0.0112 e. The Morgan fingerprint density at radius 3 is 2.22 bits per heavy atom. The van der Waals surface area contributed by atoms with Gasteiger partial charge in [-0.15, -0.1) is 0 Å². The fourth-order valence-corrected chi connectivity index (χ4v) is 2.64. The Balaban J connectivity index is 2.35. The summed E-state index contributed by atoms with van der Waals surface area (Å²) < 4.78 is 0.966. The van der Waals surface area contributed by atoms with Gasteiger partial charge in [-0.25, -0.2) is 0 Å². The fourth-order valence-electron chi connectivity index (χ4n) is 1.48. The molecule has 54 valence electrons. The molecule has 0 nitrogen and oxygen atoms in total. The van der Waals surface area contributed by atoms with Crippen LogP contribution in [0.25, 0.3) is 0 Å². The van der Waals surface area contributed by atoms with Gasteiger partial charge in [-0.2, -0.15) is 0 Å². The van der Waals surface area contributed by atoms with E-state index in [9.17, 15) is 0 Å². The number of hydrogen-bond donors (Lipinski definition) is 0. The molecule has 0 aromatic carbocycles. The molecule has 0 radical (unpaired) electrons. The van der Waals surface area contributed by atoms with E-state index in [0.29, 0.717) is 0 Å². The zero-order valence-electron chi connectivity index (χ0n) is 6.23. The van der Waals surface area contributed by atoms with Crippen molar-refractivity contribution in [2.45, 2.75) is 37.0 Å². The van der Waals surface area contributed by atoms with E-state index in [4.69, 9.17) is 0 Å². The maximum atomic E-state index is 2.58. The van der Waals surface area contributed by atoms with Gasteiger partial charge < -0.3 is 0 Å². The minimum absolute atomic E-state index is 0.966. The molecule has 1 fully saturated rings. The van der Waals surface area contributed by atoms with Crippen LogP contribution in [-0.2, 0) is 0 Å². The van der Waals surface area contributed by atoms with Crippen molar-refractivity contribution < 1.29 is 0 Å². The molecule has 3 atom stereocenters. The van der Waals surface area contributed by atoms with Crippen LogP contribution in [0.15, 0.2) is 0 Å². The molecule has 9 heavy (non-hydrogen) atoms. The maximum Gasteiger partial charge on any atom is 0.0112 e. The topological polar surface area (TPSA) is 0 Å². The van der Waals surface area contributed by atoms with E-state index in [0.717, 1.165) is 15.8 Å². The molecule has 1 rings (SSSR count). The molecule has 0 spiro atoms. The molecule has 0 heterocycles. The molecule has 0 bridgehead atoms. The summed E-state index contributed by atoms with van der Waals surface area (Å²) in [6.45, 7) is 4.77. The summed E-state index contributed by atoms with van der Waals surface area (Å²) in [6.07, 6.45) is 4.35. The van der Waals surface area contributed by atoms with Gasteiger partial charge in [0.15, 0.2) is 0 Å². The second-order valence-electron chi connectivity index (χ2n) is 3.36. The van der Waals surface area contributed by atoms with Gasteiger partial charge in [0.2, 0.25) is 0 Å². The van der Waals surface area contributed by atoms with Crippen molar-refractivity contribution in [1.82, 2.24) is 0 Å². The van der Waals surface area contributed by atoms with Crippen molar-refractivity contribution in [2.75, 3.05) is 0 Å². The number of halogens is 1. The molecule has 1 saturated carbocycles. The molecule has 1 aliphatic carbocycles. The summed E-state index contributed by atoms with van der Waals surface area (Å²) in [6, 6.07) is 0. The first-order valence-corrected chi connectivity index (χ1v) is 5.08. The van der Waals surface area contributed by atoms with Gasteiger partial charge in [-0.05, 0) is 31.1 Å². The van der Waals surface area contributed by atoms with E-state index >= 15 is 0 Å². The van der Waals surface area contributed by atoms with E-state index in [1.165, 1.54) is 19.3 Å². The van der Waals surface area contributed by atoms with Crippen LogP contribution in [0.1, 0.15) is 33.1 Å². The summed E-state index contributed by atoms with van der Waals surface area (Å²) in [5.41, 5.74) is 0. The van der Waals surface area contributed by atoms with Crippen molar-refractivity contribution in [2.24, 2.45) is 11.8 Å². The normalized spacial score (nSPS) is 45.0. The van der Waals surface area contributed by atoms with E-state index in [-0.39, 0.29) is 0 Å². The highest BCUT2D eigenvalue weighted by Crippen LogP contribution is 2.32. The van der Waals surface area contributed by atoms with Crippen LogP contribution < -0.4 is 0 Å². The standard InChI is InChI=1S/C8H15I/c1-6-3-4-8(9)5-7(6)2/h6-8H,3-5H2,1-2H3/t6?,7-,8-/m0/s1. The largest absolute Gasteiger partial charge is 0.0826 e. The van der Waals surface area contributed by atoms with Crippen LogP contribution in [0, 0.1) is 11.8 Å². The lowest BCUT2D eigenvalue weighted by atomic mass is 9.82. The van der Waals surface area contributed by atoms with Crippen LogP contribution in [0.3, 0.4) is 0 Å². The van der Waals surface area contributed by atoms with Crippen LogP contribution >= 0.6 is 22.6 Å². The summed E-state index contributed by atoms with van der Waals surface area (Å²) in [5, 5.41) is 0. The maximum absolute atomic E-state index is 2.58. The predicted octanol–water partition coefficient (Wildman–Crippen LogP) is 3.25. The van der Waals surface area contributed by atoms with Gasteiger partial charge in [-0.3, -0.25) is 0 Å². The summed E-state index contributed by atoms with van der Waals surface area (Å²) in [7, 11) is 0. The van der Waals surface area contributed by atoms with Gasteiger partial charge in [-0.1, -0.05) is 36.4 Å². The molecule has 1 heteroatoms.